The number of nitrogens with zero attached hydrogens (tertiary/aromatic N) is 2. The van der Waals surface area contributed by atoms with Gasteiger partial charge in [-0.15, -0.1) is 0 Å². The number of β-amino-alcohol motifs (C(OH)–C–C–N with tert-alkyl or cyclic N) is 1. The van der Waals surface area contributed by atoms with Crippen LogP contribution in [0, 0.1) is 5.82 Å². The van der Waals surface area contributed by atoms with E-state index in [1.807, 2.05) is 17.0 Å². The number of halogens is 1. The fourth-order valence-electron chi connectivity index (χ4n) is 3.26. The molecular weight excluding hydrogens is 387 g/mol. The van der Waals surface area contributed by atoms with E-state index in [1.54, 1.807) is 12.4 Å². The average molecular weight is 408 g/mol. The summed E-state index contributed by atoms with van der Waals surface area (Å²) in [5.41, 5.74) is 0.555. The third-order valence-corrected chi connectivity index (χ3v) is 5.39. The van der Waals surface area contributed by atoms with Crippen LogP contribution in [0.25, 0.3) is 0 Å². The number of primary sulfonamides is 1. The van der Waals surface area contributed by atoms with Crippen LogP contribution in [0.1, 0.15) is 22.3 Å². The Morgan fingerprint density at radius 2 is 2.14 bits per heavy atom. The molecule has 2 heterocycles. The molecule has 28 heavy (non-hydrogen) atoms. The standard InChI is InChI=1S/C18H21FN4O4S/c19-17-4-3-15(28(20,26)27)7-16(17)18(25)22-13-6-14(24)11-23(10-13)9-12-2-1-5-21-8-12/h1-5,7-8,13-14,24H,6,9-11H2,(H,22,25)(H2,20,26,27)/t13-,14+/m0/s1. The topological polar surface area (TPSA) is 126 Å². The van der Waals surface area contributed by atoms with Crippen LogP contribution in [0.3, 0.4) is 0 Å². The lowest BCUT2D eigenvalue weighted by Gasteiger charge is -2.36. The summed E-state index contributed by atoms with van der Waals surface area (Å²) < 4.78 is 36.9. The first kappa shape index (κ1) is 20.3. The summed E-state index contributed by atoms with van der Waals surface area (Å²) >= 11 is 0. The van der Waals surface area contributed by atoms with Crippen LogP contribution < -0.4 is 10.5 Å². The van der Waals surface area contributed by atoms with E-state index in [4.69, 9.17) is 5.14 Å². The van der Waals surface area contributed by atoms with E-state index in [-0.39, 0.29) is 4.90 Å². The summed E-state index contributed by atoms with van der Waals surface area (Å²) in [6, 6.07) is 6.10. The highest BCUT2D eigenvalue weighted by atomic mass is 32.2. The van der Waals surface area contributed by atoms with E-state index in [9.17, 15) is 22.7 Å². The van der Waals surface area contributed by atoms with Gasteiger partial charge in [0, 0.05) is 38.1 Å². The third kappa shape index (κ3) is 5.10. The van der Waals surface area contributed by atoms with Gasteiger partial charge in [-0.1, -0.05) is 6.07 Å². The van der Waals surface area contributed by atoms with E-state index in [0.29, 0.717) is 26.1 Å². The number of rotatable bonds is 5. The first-order valence-electron chi connectivity index (χ1n) is 8.65. The maximum absolute atomic E-state index is 14.0. The minimum atomic E-state index is -4.06. The number of nitrogens with two attached hydrogens (primary N) is 1. The molecule has 2 atom stereocenters. The largest absolute Gasteiger partial charge is 0.392 e. The number of piperidine rings is 1. The number of aliphatic hydroxyl groups excluding tert-OH is 1. The van der Waals surface area contributed by atoms with Crippen molar-refractivity contribution in [2.45, 2.75) is 30.0 Å². The van der Waals surface area contributed by atoms with Crippen LogP contribution in [-0.2, 0) is 16.6 Å². The molecule has 1 aromatic carbocycles. The van der Waals surface area contributed by atoms with Crippen LogP contribution in [0.5, 0.6) is 0 Å². The zero-order chi connectivity index (χ0) is 20.3. The molecule has 8 nitrogen and oxygen atoms in total. The highest BCUT2D eigenvalue weighted by molar-refractivity contribution is 7.89. The number of hydrogen-bond acceptors (Lipinski definition) is 6. The predicted molar refractivity (Wildman–Crippen MR) is 99.2 cm³/mol. The highest BCUT2D eigenvalue weighted by Crippen LogP contribution is 2.17. The summed E-state index contributed by atoms with van der Waals surface area (Å²) in [6.07, 6.45) is 3.05. The van der Waals surface area contributed by atoms with Crippen LogP contribution >= 0.6 is 0 Å². The van der Waals surface area contributed by atoms with E-state index < -0.39 is 39.5 Å². The van der Waals surface area contributed by atoms with E-state index in [1.165, 1.54) is 0 Å². The molecule has 1 fully saturated rings. The van der Waals surface area contributed by atoms with Crippen LogP contribution in [0.15, 0.2) is 47.6 Å². The predicted octanol–water partition coefficient (Wildman–Crippen LogP) is 0.233. The molecule has 10 heteroatoms. The van der Waals surface area contributed by atoms with Crippen molar-refractivity contribution in [1.82, 2.24) is 15.2 Å². The molecule has 3 rings (SSSR count). The fraction of sp³-hybridized carbons (Fsp3) is 0.333. The number of nitrogens with one attached hydrogen (secondary N) is 1. The molecule has 0 saturated carbocycles. The van der Waals surface area contributed by atoms with Gasteiger partial charge < -0.3 is 10.4 Å². The number of hydrogen-bond donors (Lipinski definition) is 3. The molecule has 2 aromatic rings. The number of aliphatic hydroxyl groups is 1. The van der Waals surface area contributed by atoms with Gasteiger partial charge in [0.2, 0.25) is 10.0 Å². The highest BCUT2D eigenvalue weighted by Gasteiger charge is 2.28. The first-order valence-corrected chi connectivity index (χ1v) is 10.2. The first-order chi connectivity index (χ1) is 13.2. The molecule has 0 unspecified atom stereocenters. The Morgan fingerprint density at radius 3 is 2.82 bits per heavy atom. The zero-order valence-electron chi connectivity index (χ0n) is 15.0. The van der Waals surface area contributed by atoms with E-state index in [2.05, 4.69) is 10.3 Å². The maximum Gasteiger partial charge on any atom is 0.254 e. The lowest BCUT2D eigenvalue weighted by molar-refractivity contribution is 0.0458. The number of benzene rings is 1. The molecule has 0 radical (unpaired) electrons. The summed E-state index contributed by atoms with van der Waals surface area (Å²) in [5, 5.41) is 17.9. The Bertz CT molecular complexity index is 955. The Balaban J connectivity index is 1.71. The van der Waals surface area contributed by atoms with Crippen molar-refractivity contribution in [3.8, 4) is 0 Å². The summed E-state index contributed by atoms with van der Waals surface area (Å²) in [6.45, 7) is 1.44. The maximum atomic E-state index is 14.0. The molecular formula is C18H21FN4O4S. The number of likely N-dealkylation sites (tertiary alicyclic amines) is 1. The Kier molecular flexibility index (Phi) is 6.04. The molecule has 0 aliphatic carbocycles. The normalized spacial score (nSPS) is 20.7. The van der Waals surface area contributed by atoms with Crippen molar-refractivity contribution in [3.63, 3.8) is 0 Å². The number of amides is 1. The summed E-state index contributed by atoms with van der Waals surface area (Å²) in [5.74, 6) is -1.61. The van der Waals surface area contributed by atoms with E-state index in [0.717, 1.165) is 23.8 Å². The van der Waals surface area contributed by atoms with Gasteiger partial charge in [-0.25, -0.2) is 17.9 Å². The van der Waals surface area contributed by atoms with Crippen molar-refractivity contribution >= 4 is 15.9 Å². The minimum absolute atomic E-state index is 0.311. The van der Waals surface area contributed by atoms with Crippen molar-refractivity contribution in [2.24, 2.45) is 5.14 Å². The number of aromatic nitrogens is 1. The molecule has 1 saturated heterocycles. The molecule has 0 spiro atoms. The fourth-order valence-corrected chi connectivity index (χ4v) is 3.80. The third-order valence-electron chi connectivity index (χ3n) is 4.48. The van der Waals surface area contributed by atoms with Crippen LogP contribution in [0.4, 0.5) is 4.39 Å². The van der Waals surface area contributed by atoms with Crippen molar-refractivity contribution in [2.75, 3.05) is 13.1 Å². The molecule has 1 aliphatic heterocycles. The van der Waals surface area contributed by atoms with Gasteiger partial charge in [0.1, 0.15) is 5.82 Å². The smallest absolute Gasteiger partial charge is 0.254 e. The Labute approximate surface area is 162 Å². The number of carbonyl (C=O) groups is 1. The second-order valence-electron chi connectivity index (χ2n) is 6.80. The van der Waals surface area contributed by atoms with Crippen molar-refractivity contribution in [1.29, 1.82) is 0 Å². The van der Waals surface area contributed by atoms with Gasteiger partial charge in [0.05, 0.1) is 16.6 Å². The average Bonchev–Trinajstić information content (AvgIpc) is 2.61. The van der Waals surface area contributed by atoms with Gasteiger partial charge in [-0.3, -0.25) is 14.7 Å². The molecule has 1 aromatic heterocycles. The van der Waals surface area contributed by atoms with Gasteiger partial charge in [0.15, 0.2) is 0 Å². The summed E-state index contributed by atoms with van der Waals surface area (Å²) in [4.78, 5) is 18.2. The van der Waals surface area contributed by atoms with Crippen LogP contribution in [0.2, 0.25) is 0 Å². The van der Waals surface area contributed by atoms with Gasteiger partial charge in [0.25, 0.3) is 5.91 Å². The lowest BCUT2D eigenvalue weighted by atomic mass is 10.0. The summed E-state index contributed by atoms with van der Waals surface area (Å²) in [7, 11) is -4.06. The second-order valence-corrected chi connectivity index (χ2v) is 8.36. The minimum Gasteiger partial charge on any atom is -0.392 e. The SMILES string of the molecule is NS(=O)(=O)c1ccc(F)c(C(=O)N[C@H]2C[C@@H](O)CN(Cc3cccnc3)C2)c1. The second kappa shape index (κ2) is 8.31. The molecule has 4 N–H and O–H groups in total. The van der Waals surface area contributed by atoms with Crippen molar-refractivity contribution < 1.29 is 22.7 Å². The van der Waals surface area contributed by atoms with E-state index >= 15 is 0 Å². The Morgan fingerprint density at radius 1 is 1.36 bits per heavy atom. The monoisotopic (exact) mass is 408 g/mol. The number of pyridine rings is 1. The van der Waals surface area contributed by atoms with Crippen LogP contribution in [-0.4, -0.2) is 54.6 Å². The van der Waals surface area contributed by atoms with Gasteiger partial charge in [-0.05, 0) is 36.2 Å². The van der Waals surface area contributed by atoms with Gasteiger partial charge in [-0.2, -0.15) is 0 Å². The molecule has 150 valence electrons. The number of sulfonamides is 1. The van der Waals surface area contributed by atoms with Crippen molar-refractivity contribution in [3.05, 3.63) is 59.7 Å². The zero-order valence-corrected chi connectivity index (χ0v) is 15.8. The van der Waals surface area contributed by atoms with Gasteiger partial charge >= 0.3 is 0 Å². The molecule has 1 amide bonds. The Hall–Kier alpha value is -2.40. The lowest BCUT2D eigenvalue weighted by Crippen LogP contribution is -2.52. The number of carbonyl (C=O) groups excluding carboxylic acids is 1. The molecule has 1 aliphatic rings. The quantitative estimate of drug-likeness (QED) is 0.650. The molecule has 0 bridgehead atoms.